The summed E-state index contributed by atoms with van der Waals surface area (Å²) in [5.41, 5.74) is 1.97. The molecule has 1 saturated heterocycles. The van der Waals surface area contributed by atoms with Gasteiger partial charge in [0.05, 0.1) is 5.75 Å². The van der Waals surface area contributed by atoms with E-state index in [0.29, 0.717) is 45.0 Å². The van der Waals surface area contributed by atoms with E-state index in [4.69, 9.17) is 0 Å². The molecule has 1 atom stereocenters. The normalized spacial score (nSPS) is 21.7. The number of sulfonamides is 1. The van der Waals surface area contributed by atoms with Crippen molar-refractivity contribution in [1.29, 1.82) is 0 Å². The molecule has 150 valence electrons. The number of rotatable bonds is 5. The van der Waals surface area contributed by atoms with Gasteiger partial charge in [0, 0.05) is 51.3 Å². The summed E-state index contributed by atoms with van der Waals surface area (Å²) in [6.45, 7) is 2.08. The van der Waals surface area contributed by atoms with Crippen LogP contribution < -0.4 is 16.0 Å². The van der Waals surface area contributed by atoms with Gasteiger partial charge >= 0.3 is 0 Å². The second-order valence-corrected chi connectivity index (χ2v) is 8.57. The standard InChI is InChI=1S/C17H25N5O3S.HI/c1-18-17(19-7-9-22-8-4-10-26(22,24)25)20-12-13-11-16(23)21-15-6-3-2-5-14(13)15;/h2-3,5-6,13H,4,7-12H2,1H3,(H,21,23)(H2,18,19,20);1H. The Morgan fingerprint density at radius 3 is 2.81 bits per heavy atom. The number of carbonyl (C=O) groups excluding carboxylic acids is 1. The van der Waals surface area contributed by atoms with Gasteiger partial charge in [0.2, 0.25) is 15.9 Å². The summed E-state index contributed by atoms with van der Waals surface area (Å²) in [5.74, 6) is 0.920. The second-order valence-electron chi connectivity index (χ2n) is 6.48. The molecule has 1 amide bonds. The summed E-state index contributed by atoms with van der Waals surface area (Å²) in [6, 6.07) is 7.80. The molecule has 3 N–H and O–H groups in total. The molecule has 0 spiro atoms. The Hall–Kier alpha value is -1.40. The van der Waals surface area contributed by atoms with Gasteiger partial charge in [-0.2, -0.15) is 0 Å². The Morgan fingerprint density at radius 2 is 2.11 bits per heavy atom. The summed E-state index contributed by atoms with van der Waals surface area (Å²) >= 11 is 0. The second kappa shape index (κ2) is 9.69. The first-order valence-electron chi connectivity index (χ1n) is 8.81. The highest BCUT2D eigenvalue weighted by Gasteiger charge is 2.27. The number of hydrogen-bond donors (Lipinski definition) is 3. The van der Waals surface area contributed by atoms with Crippen molar-refractivity contribution in [3.63, 3.8) is 0 Å². The van der Waals surface area contributed by atoms with Crippen molar-refractivity contribution in [3.8, 4) is 0 Å². The average Bonchev–Trinajstić information content (AvgIpc) is 2.95. The predicted octanol–water partition coefficient (Wildman–Crippen LogP) is 0.931. The van der Waals surface area contributed by atoms with Crippen molar-refractivity contribution in [2.45, 2.75) is 18.8 Å². The van der Waals surface area contributed by atoms with Crippen LogP contribution in [0, 0.1) is 0 Å². The minimum absolute atomic E-state index is 0. The molecule has 0 aliphatic carbocycles. The van der Waals surface area contributed by atoms with Crippen molar-refractivity contribution >= 4 is 51.6 Å². The number of aliphatic imine (C=N–C) groups is 1. The minimum Gasteiger partial charge on any atom is -0.356 e. The van der Waals surface area contributed by atoms with Gasteiger partial charge in [0.1, 0.15) is 0 Å². The van der Waals surface area contributed by atoms with Crippen LogP contribution in [0.25, 0.3) is 0 Å². The molecule has 1 fully saturated rings. The average molecular weight is 507 g/mol. The first-order chi connectivity index (χ1) is 12.5. The van der Waals surface area contributed by atoms with Crippen LogP contribution in [0.4, 0.5) is 5.69 Å². The van der Waals surface area contributed by atoms with E-state index in [0.717, 1.165) is 11.3 Å². The molecule has 10 heteroatoms. The molecule has 0 radical (unpaired) electrons. The van der Waals surface area contributed by atoms with Gasteiger partial charge in [-0.15, -0.1) is 24.0 Å². The van der Waals surface area contributed by atoms with E-state index in [-0.39, 0.29) is 41.6 Å². The molecule has 2 aliphatic rings. The smallest absolute Gasteiger partial charge is 0.225 e. The maximum Gasteiger partial charge on any atom is 0.225 e. The maximum absolute atomic E-state index is 11.9. The predicted molar refractivity (Wildman–Crippen MR) is 117 cm³/mol. The Morgan fingerprint density at radius 1 is 1.33 bits per heavy atom. The minimum atomic E-state index is -3.07. The molecule has 1 aromatic carbocycles. The van der Waals surface area contributed by atoms with Gasteiger partial charge in [-0.3, -0.25) is 9.79 Å². The lowest BCUT2D eigenvalue weighted by Crippen LogP contribution is -2.43. The number of anilines is 1. The van der Waals surface area contributed by atoms with Crippen LogP contribution in [0.1, 0.15) is 24.3 Å². The number of guanidine groups is 1. The zero-order chi connectivity index (χ0) is 18.6. The summed E-state index contributed by atoms with van der Waals surface area (Å²) in [6.07, 6.45) is 1.12. The zero-order valence-electron chi connectivity index (χ0n) is 15.3. The van der Waals surface area contributed by atoms with E-state index in [2.05, 4.69) is 20.9 Å². The molecule has 2 heterocycles. The number of carbonyl (C=O) groups is 1. The van der Waals surface area contributed by atoms with Crippen molar-refractivity contribution in [3.05, 3.63) is 29.8 Å². The third kappa shape index (κ3) is 5.55. The van der Waals surface area contributed by atoms with E-state index < -0.39 is 10.0 Å². The fourth-order valence-electron chi connectivity index (χ4n) is 3.37. The Labute approximate surface area is 177 Å². The van der Waals surface area contributed by atoms with Gasteiger partial charge < -0.3 is 16.0 Å². The molecule has 3 rings (SSSR count). The fourth-order valence-corrected chi connectivity index (χ4v) is 4.89. The van der Waals surface area contributed by atoms with Crippen LogP contribution in [0.15, 0.2) is 29.3 Å². The maximum atomic E-state index is 11.9. The van der Waals surface area contributed by atoms with Gasteiger partial charge in [0.15, 0.2) is 5.96 Å². The molecule has 8 nitrogen and oxygen atoms in total. The van der Waals surface area contributed by atoms with E-state index in [9.17, 15) is 13.2 Å². The summed E-state index contributed by atoms with van der Waals surface area (Å²) in [7, 11) is -1.40. The number of nitrogens with zero attached hydrogens (tertiary/aromatic N) is 2. The third-order valence-electron chi connectivity index (χ3n) is 4.70. The fraction of sp³-hybridized carbons (Fsp3) is 0.529. The number of halogens is 1. The van der Waals surface area contributed by atoms with Gasteiger partial charge in [-0.05, 0) is 18.1 Å². The number of benzene rings is 1. The van der Waals surface area contributed by atoms with E-state index in [1.54, 1.807) is 7.05 Å². The molecule has 2 aliphatic heterocycles. The number of para-hydroxylation sites is 1. The lowest BCUT2D eigenvalue weighted by molar-refractivity contribution is -0.116. The van der Waals surface area contributed by atoms with Crippen LogP contribution in [0.3, 0.4) is 0 Å². The van der Waals surface area contributed by atoms with Crippen LogP contribution >= 0.6 is 24.0 Å². The molecule has 1 aromatic rings. The summed E-state index contributed by atoms with van der Waals surface area (Å²) in [4.78, 5) is 16.1. The Balaban J connectivity index is 0.00000261. The van der Waals surface area contributed by atoms with Gasteiger partial charge in [0.25, 0.3) is 0 Å². The van der Waals surface area contributed by atoms with Crippen LogP contribution in [-0.4, -0.2) is 63.6 Å². The molecule has 0 bridgehead atoms. The first-order valence-corrected chi connectivity index (χ1v) is 10.4. The molecule has 1 unspecified atom stereocenters. The van der Waals surface area contributed by atoms with Gasteiger partial charge in [-0.1, -0.05) is 18.2 Å². The number of hydrogen-bond acceptors (Lipinski definition) is 4. The quantitative estimate of drug-likeness (QED) is 0.313. The highest BCUT2D eigenvalue weighted by atomic mass is 127. The van der Waals surface area contributed by atoms with Crippen LogP contribution in [0.2, 0.25) is 0 Å². The molecule has 27 heavy (non-hydrogen) atoms. The first kappa shape index (κ1) is 21.9. The van der Waals surface area contributed by atoms with E-state index in [1.165, 1.54) is 4.31 Å². The van der Waals surface area contributed by atoms with Crippen molar-refractivity contribution in [2.24, 2.45) is 4.99 Å². The Kier molecular flexibility index (Phi) is 7.86. The van der Waals surface area contributed by atoms with Crippen molar-refractivity contribution < 1.29 is 13.2 Å². The number of nitrogens with one attached hydrogen (secondary N) is 3. The lowest BCUT2D eigenvalue weighted by Gasteiger charge is -2.26. The summed E-state index contributed by atoms with van der Waals surface area (Å²) < 4.78 is 25.1. The monoisotopic (exact) mass is 507 g/mol. The summed E-state index contributed by atoms with van der Waals surface area (Å²) in [5, 5.41) is 9.27. The molecule has 0 saturated carbocycles. The third-order valence-corrected chi connectivity index (χ3v) is 6.66. The Bertz CT molecular complexity index is 800. The molecule has 0 aromatic heterocycles. The van der Waals surface area contributed by atoms with Crippen LogP contribution in [0.5, 0.6) is 0 Å². The number of fused-ring (bicyclic) bond motifs is 1. The topological polar surface area (TPSA) is 103 Å². The molecular formula is C17H26IN5O3S. The zero-order valence-corrected chi connectivity index (χ0v) is 18.4. The van der Waals surface area contributed by atoms with Crippen molar-refractivity contribution in [2.75, 3.05) is 44.3 Å². The highest BCUT2D eigenvalue weighted by molar-refractivity contribution is 14.0. The SMILES string of the molecule is CN=C(NCCN1CCCS1(=O)=O)NCC1CC(=O)Nc2ccccc21.I. The van der Waals surface area contributed by atoms with Crippen LogP contribution in [-0.2, 0) is 14.8 Å². The number of amides is 1. The largest absolute Gasteiger partial charge is 0.356 e. The van der Waals surface area contributed by atoms with E-state index >= 15 is 0 Å². The van der Waals surface area contributed by atoms with Gasteiger partial charge in [-0.25, -0.2) is 12.7 Å². The van der Waals surface area contributed by atoms with Crippen molar-refractivity contribution in [1.82, 2.24) is 14.9 Å². The lowest BCUT2D eigenvalue weighted by atomic mass is 9.90. The van der Waals surface area contributed by atoms with E-state index in [1.807, 2.05) is 24.3 Å². The highest BCUT2D eigenvalue weighted by Crippen LogP contribution is 2.31. The molecular weight excluding hydrogens is 481 g/mol.